The molecule has 0 radical (unpaired) electrons. The second-order valence-corrected chi connectivity index (χ2v) is 7.84. The van der Waals surface area contributed by atoms with Gasteiger partial charge < -0.3 is 5.32 Å². The van der Waals surface area contributed by atoms with Gasteiger partial charge in [-0.3, -0.25) is 4.79 Å². The van der Waals surface area contributed by atoms with Gasteiger partial charge in [-0.2, -0.15) is 10.2 Å². The van der Waals surface area contributed by atoms with Gasteiger partial charge in [0.05, 0.1) is 22.7 Å². The molecule has 0 saturated carbocycles. The summed E-state index contributed by atoms with van der Waals surface area (Å²) in [6.07, 6.45) is 4.94. The first-order chi connectivity index (χ1) is 15.3. The van der Waals surface area contributed by atoms with E-state index in [-0.39, 0.29) is 5.91 Å². The van der Waals surface area contributed by atoms with Crippen molar-refractivity contribution in [3.05, 3.63) is 102 Å². The van der Waals surface area contributed by atoms with E-state index in [0.717, 1.165) is 16.1 Å². The van der Waals surface area contributed by atoms with Gasteiger partial charge in [-0.1, -0.05) is 36.4 Å². The molecule has 0 fully saturated rings. The summed E-state index contributed by atoms with van der Waals surface area (Å²) < 4.78 is 3.48. The fourth-order valence-electron chi connectivity index (χ4n) is 3.30. The predicted molar refractivity (Wildman–Crippen MR) is 120 cm³/mol. The van der Waals surface area contributed by atoms with Crippen LogP contribution in [0.3, 0.4) is 0 Å². The largest absolute Gasteiger partial charge is 0.322 e. The summed E-state index contributed by atoms with van der Waals surface area (Å²) in [4.78, 5) is 18.1. The number of carbonyl (C=O) groups excluding carboxylic acids is 1. The minimum absolute atomic E-state index is 0.205. The van der Waals surface area contributed by atoms with E-state index in [1.54, 1.807) is 33.2 Å². The molecule has 31 heavy (non-hydrogen) atoms. The van der Waals surface area contributed by atoms with Crippen molar-refractivity contribution >= 4 is 22.9 Å². The predicted octanol–water partition coefficient (Wildman–Crippen LogP) is 4.49. The van der Waals surface area contributed by atoms with Crippen LogP contribution in [-0.2, 0) is 6.54 Å². The standard InChI is InChI=1S/C23H18N6OS/c30-23(26-18-7-4-6-17(12-18)13-28-16-24-15-25-28)20-14-29(19-8-2-1-3-9-19)27-22(20)21-10-5-11-31-21/h1-12,14-16H,13H2,(H,26,30). The molecule has 3 heterocycles. The van der Waals surface area contributed by atoms with E-state index < -0.39 is 0 Å². The maximum absolute atomic E-state index is 13.2. The highest BCUT2D eigenvalue weighted by Crippen LogP contribution is 2.28. The van der Waals surface area contributed by atoms with Gasteiger partial charge in [0, 0.05) is 11.9 Å². The van der Waals surface area contributed by atoms with Gasteiger partial charge >= 0.3 is 0 Å². The lowest BCUT2D eigenvalue weighted by atomic mass is 10.1. The first kappa shape index (κ1) is 19.0. The summed E-state index contributed by atoms with van der Waals surface area (Å²) in [7, 11) is 0. The second kappa shape index (κ2) is 8.37. The molecule has 7 nitrogen and oxygen atoms in total. The number of benzene rings is 2. The number of anilines is 1. The van der Waals surface area contributed by atoms with E-state index in [4.69, 9.17) is 5.10 Å². The lowest BCUT2D eigenvalue weighted by Crippen LogP contribution is -2.12. The zero-order valence-corrected chi connectivity index (χ0v) is 17.2. The van der Waals surface area contributed by atoms with Crippen LogP contribution in [0.2, 0.25) is 0 Å². The van der Waals surface area contributed by atoms with Crippen molar-refractivity contribution < 1.29 is 4.79 Å². The topological polar surface area (TPSA) is 77.6 Å². The van der Waals surface area contributed by atoms with Crippen LogP contribution >= 0.6 is 11.3 Å². The number of hydrogen-bond donors (Lipinski definition) is 1. The van der Waals surface area contributed by atoms with E-state index in [1.165, 1.54) is 6.33 Å². The Bertz CT molecular complexity index is 1290. The molecule has 0 unspecified atom stereocenters. The van der Waals surface area contributed by atoms with E-state index in [9.17, 15) is 4.79 Å². The van der Waals surface area contributed by atoms with Crippen LogP contribution in [-0.4, -0.2) is 30.5 Å². The Kier molecular flexibility index (Phi) is 5.12. The fourth-order valence-corrected chi connectivity index (χ4v) is 4.02. The number of para-hydroxylation sites is 1. The average molecular weight is 427 g/mol. The zero-order valence-electron chi connectivity index (χ0n) is 16.4. The van der Waals surface area contributed by atoms with Crippen LogP contribution < -0.4 is 5.32 Å². The van der Waals surface area contributed by atoms with Crippen molar-refractivity contribution in [3.8, 4) is 16.3 Å². The molecule has 1 N–H and O–H groups in total. The molecule has 3 aromatic heterocycles. The van der Waals surface area contributed by atoms with E-state index >= 15 is 0 Å². The number of amides is 1. The molecule has 0 aliphatic heterocycles. The highest BCUT2D eigenvalue weighted by molar-refractivity contribution is 7.13. The van der Waals surface area contributed by atoms with Crippen molar-refractivity contribution in [1.82, 2.24) is 24.5 Å². The van der Waals surface area contributed by atoms with Gasteiger partial charge in [0.25, 0.3) is 5.91 Å². The van der Waals surface area contributed by atoms with Gasteiger partial charge in [0.1, 0.15) is 18.3 Å². The second-order valence-electron chi connectivity index (χ2n) is 6.90. The molecule has 0 aliphatic rings. The van der Waals surface area contributed by atoms with Crippen molar-refractivity contribution in [2.24, 2.45) is 0 Å². The molecule has 152 valence electrons. The van der Waals surface area contributed by atoms with E-state index in [0.29, 0.717) is 23.5 Å². The van der Waals surface area contributed by atoms with Crippen LogP contribution in [0.25, 0.3) is 16.3 Å². The summed E-state index contributed by atoms with van der Waals surface area (Å²) in [5.74, 6) is -0.205. The highest BCUT2D eigenvalue weighted by Gasteiger charge is 2.19. The van der Waals surface area contributed by atoms with Crippen molar-refractivity contribution in [2.75, 3.05) is 5.32 Å². The van der Waals surface area contributed by atoms with Gasteiger partial charge in [-0.05, 0) is 41.3 Å². The van der Waals surface area contributed by atoms with Gasteiger partial charge in [-0.25, -0.2) is 14.3 Å². The normalized spacial score (nSPS) is 10.8. The molecule has 0 atom stereocenters. The average Bonchev–Trinajstić information content (AvgIpc) is 3.56. The maximum Gasteiger partial charge on any atom is 0.259 e. The third kappa shape index (κ3) is 4.15. The quantitative estimate of drug-likeness (QED) is 0.434. The Labute approximate surface area is 182 Å². The molecule has 0 spiro atoms. The highest BCUT2D eigenvalue weighted by atomic mass is 32.1. The third-order valence-corrected chi connectivity index (χ3v) is 5.61. The minimum atomic E-state index is -0.205. The number of thiophene rings is 1. The first-order valence-electron chi connectivity index (χ1n) is 9.68. The summed E-state index contributed by atoms with van der Waals surface area (Å²) in [6.45, 7) is 0.579. The Hall–Kier alpha value is -4.04. The molecule has 2 aromatic carbocycles. The SMILES string of the molecule is O=C(Nc1cccc(Cn2cncn2)c1)c1cn(-c2ccccc2)nc1-c1cccs1. The number of aromatic nitrogens is 5. The lowest BCUT2D eigenvalue weighted by Gasteiger charge is -2.07. The third-order valence-electron chi connectivity index (χ3n) is 4.73. The van der Waals surface area contributed by atoms with E-state index in [2.05, 4.69) is 15.4 Å². The summed E-state index contributed by atoms with van der Waals surface area (Å²) in [5.41, 5.74) is 3.81. The van der Waals surface area contributed by atoms with Gasteiger partial charge in [0.15, 0.2) is 0 Å². The maximum atomic E-state index is 13.2. The molecular formula is C23H18N6OS. The van der Waals surface area contributed by atoms with Crippen LogP contribution in [0.4, 0.5) is 5.69 Å². The summed E-state index contributed by atoms with van der Waals surface area (Å²) in [6, 6.07) is 21.4. The number of rotatable bonds is 6. The molecule has 5 aromatic rings. The number of nitrogens with zero attached hydrogens (tertiary/aromatic N) is 5. The fraction of sp³-hybridized carbons (Fsp3) is 0.0435. The lowest BCUT2D eigenvalue weighted by molar-refractivity contribution is 0.102. The smallest absolute Gasteiger partial charge is 0.259 e. The Morgan fingerprint density at radius 2 is 1.94 bits per heavy atom. The van der Waals surface area contributed by atoms with Gasteiger partial charge in [-0.15, -0.1) is 11.3 Å². The monoisotopic (exact) mass is 426 g/mol. The van der Waals surface area contributed by atoms with Crippen molar-refractivity contribution in [1.29, 1.82) is 0 Å². The van der Waals surface area contributed by atoms with Crippen LogP contribution in [0.1, 0.15) is 15.9 Å². The molecule has 0 saturated heterocycles. The molecule has 0 bridgehead atoms. The summed E-state index contributed by atoms with van der Waals surface area (Å²) in [5, 5.41) is 13.8. The minimum Gasteiger partial charge on any atom is -0.322 e. The van der Waals surface area contributed by atoms with Crippen LogP contribution in [0, 0.1) is 0 Å². The first-order valence-corrected chi connectivity index (χ1v) is 10.6. The van der Waals surface area contributed by atoms with E-state index in [1.807, 2.05) is 72.1 Å². The van der Waals surface area contributed by atoms with Crippen molar-refractivity contribution in [2.45, 2.75) is 6.54 Å². The number of carbonyl (C=O) groups is 1. The number of hydrogen-bond acceptors (Lipinski definition) is 5. The number of nitrogens with one attached hydrogen (secondary N) is 1. The van der Waals surface area contributed by atoms with Crippen LogP contribution in [0.15, 0.2) is 91.0 Å². The zero-order chi connectivity index (χ0) is 21.0. The molecule has 1 amide bonds. The molecule has 0 aliphatic carbocycles. The van der Waals surface area contributed by atoms with Crippen LogP contribution in [0.5, 0.6) is 0 Å². The Morgan fingerprint density at radius 1 is 1.03 bits per heavy atom. The Balaban J connectivity index is 1.44. The summed E-state index contributed by atoms with van der Waals surface area (Å²) >= 11 is 1.56. The molecular weight excluding hydrogens is 408 g/mol. The van der Waals surface area contributed by atoms with Gasteiger partial charge in [0.2, 0.25) is 0 Å². The molecule has 5 rings (SSSR count). The Morgan fingerprint density at radius 3 is 2.71 bits per heavy atom. The van der Waals surface area contributed by atoms with Crippen molar-refractivity contribution in [3.63, 3.8) is 0 Å². The molecule has 8 heteroatoms.